The highest BCUT2D eigenvalue weighted by Gasteiger charge is 2.34. The summed E-state index contributed by atoms with van der Waals surface area (Å²) < 4.78 is 81.1. The Labute approximate surface area is 323 Å². The van der Waals surface area contributed by atoms with Crippen LogP contribution in [0.5, 0.6) is 23.0 Å². The largest absolute Gasteiger partial charge is 0.497 e. The van der Waals surface area contributed by atoms with Gasteiger partial charge in [-0.05, 0) is 48.9 Å². The minimum atomic E-state index is -4.27. The maximum absolute atomic E-state index is 14.6. The number of fused-ring (bicyclic) bond motifs is 1. The molecule has 1 aliphatic rings. The number of carbonyl (C=O) groups excluding carboxylic acids is 1. The van der Waals surface area contributed by atoms with Crippen LogP contribution in [-0.2, 0) is 23.1 Å². The number of ether oxygens (including phenoxy) is 4. The van der Waals surface area contributed by atoms with E-state index in [1.807, 2.05) is 0 Å². The summed E-state index contributed by atoms with van der Waals surface area (Å²) in [5.74, 6) is -1.28. The third-order valence-corrected chi connectivity index (χ3v) is 11.5. The molecule has 11 nitrogen and oxygen atoms in total. The summed E-state index contributed by atoms with van der Waals surface area (Å²) in [7, 11) is 1.75. The molecule has 0 spiro atoms. The number of aromatic nitrogens is 1. The zero-order valence-corrected chi connectivity index (χ0v) is 32.3. The number of nitrogens with zero attached hydrogens (tertiary/aromatic N) is 3. The summed E-state index contributed by atoms with van der Waals surface area (Å²) in [6.07, 6.45) is -0.455. The molecular formula is C40H41ClF2N4O7S. The Kier molecular flexibility index (Phi) is 12.0. The molecule has 1 aliphatic heterocycles. The van der Waals surface area contributed by atoms with E-state index in [-0.39, 0.29) is 61.0 Å². The zero-order valence-electron chi connectivity index (χ0n) is 30.8. The van der Waals surface area contributed by atoms with Gasteiger partial charge in [0.25, 0.3) is 5.91 Å². The molecule has 0 aliphatic carbocycles. The molecule has 1 fully saturated rings. The van der Waals surface area contributed by atoms with E-state index in [1.54, 1.807) is 71.6 Å². The lowest BCUT2D eigenvalue weighted by atomic mass is 10.1. The van der Waals surface area contributed by atoms with Crippen molar-refractivity contribution in [3.63, 3.8) is 0 Å². The van der Waals surface area contributed by atoms with Crippen molar-refractivity contribution in [2.45, 2.75) is 43.2 Å². The Balaban J connectivity index is 1.36. The molecule has 1 amide bonds. The number of alkyl halides is 2. The molecule has 2 heterocycles. The van der Waals surface area contributed by atoms with Gasteiger partial charge in [0.1, 0.15) is 28.8 Å². The van der Waals surface area contributed by atoms with Gasteiger partial charge in [0.2, 0.25) is 15.9 Å². The number of hydrogen-bond acceptors (Lipinski definition) is 9. The molecular weight excluding hydrogens is 754 g/mol. The fraction of sp³-hybridized carbons (Fsp3) is 0.300. The van der Waals surface area contributed by atoms with Crippen LogP contribution in [0.1, 0.15) is 40.7 Å². The number of rotatable bonds is 13. The van der Waals surface area contributed by atoms with E-state index < -0.39 is 28.3 Å². The van der Waals surface area contributed by atoms with Gasteiger partial charge in [0.15, 0.2) is 0 Å². The first-order valence-corrected chi connectivity index (χ1v) is 19.2. The van der Waals surface area contributed by atoms with Crippen LogP contribution in [-0.4, -0.2) is 71.1 Å². The summed E-state index contributed by atoms with van der Waals surface area (Å²) in [6.45, 7) is 0.0633. The molecule has 290 valence electrons. The number of amides is 1. The van der Waals surface area contributed by atoms with Crippen LogP contribution in [0.15, 0.2) is 89.8 Å². The molecule has 0 bridgehead atoms. The Hall–Kier alpha value is -5.18. The Morgan fingerprint density at radius 1 is 0.836 bits per heavy atom. The monoisotopic (exact) mass is 794 g/mol. The number of pyridine rings is 1. The first-order valence-electron chi connectivity index (χ1n) is 17.4. The highest BCUT2D eigenvalue weighted by atomic mass is 35.5. The number of benzene rings is 4. The maximum atomic E-state index is 14.6. The summed E-state index contributed by atoms with van der Waals surface area (Å²) in [6, 6.07) is 22.9. The van der Waals surface area contributed by atoms with Crippen molar-refractivity contribution in [2.24, 2.45) is 0 Å². The first-order chi connectivity index (χ1) is 26.3. The summed E-state index contributed by atoms with van der Waals surface area (Å²) in [4.78, 5) is 20.4. The summed E-state index contributed by atoms with van der Waals surface area (Å²) >= 11 is 6.47. The van der Waals surface area contributed by atoms with E-state index in [9.17, 15) is 22.0 Å². The summed E-state index contributed by atoms with van der Waals surface area (Å²) in [5, 5.41) is 3.76. The van der Waals surface area contributed by atoms with Crippen LogP contribution >= 0.6 is 11.6 Å². The molecule has 15 heteroatoms. The number of anilines is 2. The lowest BCUT2D eigenvalue weighted by Crippen LogP contribution is -2.31. The van der Waals surface area contributed by atoms with Gasteiger partial charge >= 0.3 is 0 Å². The van der Waals surface area contributed by atoms with Crippen molar-refractivity contribution in [3.8, 4) is 23.0 Å². The molecule has 1 N–H and O–H groups in total. The fourth-order valence-electron chi connectivity index (χ4n) is 6.49. The van der Waals surface area contributed by atoms with E-state index in [0.29, 0.717) is 50.1 Å². The van der Waals surface area contributed by atoms with Crippen molar-refractivity contribution in [3.05, 3.63) is 107 Å². The number of sulfonamides is 1. The van der Waals surface area contributed by atoms with Crippen LogP contribution in [0, 0.1) is 0 Å². The predicted molar refractivity (Wildman–Crippen MR) is 208 cm³/mol. The minimum absolute atomic E-state index is 0.0161. The number of carbonyl (C=O) groups is 1. The van der Waals surface area contributed by atoms with Gasteiger partial charge in [0.05, 0.1) is 49.4 Å². The first kappa shape index (κ1) is 39.5. The molecule has 5 aromatic rings. The second kappa shape index (κ2) is 16.7. The van der Waals surface area contributed by atoms with Gasteiger partial charge in [-0.1, -0.05) is 41.9 Å². The summed E-state index contributed by atoms with van der Waals surface area (Å²) in [5.41, 5.74) is 1.91. The maximum Gasteiger partial charge on any atom is 0.259 e. The number of halogens is 3. The van der Waals surface area contributed by atoms with E-state index in [1.165, 1.54) is 50.9 Å². The van der Waals surface area contributed by atoms with Crippen molar-refractivity contribution >= 4 is 49.9 Å². The van der Waals surface area contributed by atoms with Crippen LogP contribution < -0.4 is 29.2 Å². The topological polar surface area (TPSA) is 120 Å². The molecule has 1 saturated heterocycles. The van der Waals surface area contributed by atoms with E-state index >= 15 is 0 Å². The number of methoxy groups -OCH3 is 4. The van der Waals surface area contributed by atoms with Gasteiger partial charge in [-0.2, -0.15) is 4.31 Å². The van der Waals surface area contributed by atoms with Crippen molar-refractivity contribution < 1.29 is 40.9 Å². The van der Waals surface area contributed by atoms with E-state index in [2.05, 4.69) is 5.32 Å². The van der Waals surface area contributed by atoms with Crippen molar-refractivity contribution in [1.29, 1.82) is 0 Å². The highest BCUT2D eigenvalue weighted by molar-refractivity contribution is 7.89. The van der Waals surface area contributed by atoms with Crippen molar-refractivity contribution in [2.75, 3.05) is 51.7 Å². The van der Waals surface area contributed by atoms with Gasteiger partial charge in [-0.25, -0.2) is 22.2 Å². The molecule has 6 rings (SSSR count). The lowest BCUT2D eigenvalue weighted by molar-refractivity contribution is -0.0102. The highest BCUT2D eigenvalue weighted by Crippen LogP contribution is 2.35. The Bertz CT molecular complexity index is 2250. The van der Waals surface area contributed by atoms with E-state index in [0.717, 1.165) is 0 Å². The molecule has 1 aromatic heterocycles. The lowest BCUT2D eigenvalue weighted by Gasteiger charge is -2.25. The predicted octanol–water partition coefficient (Wildman–Crippen LogP) is 8.19. The standard InChI is InChI=1S/C40H41ClF2N4O7S/c1-51-30-14-12-27(35(22-30)53-3)24-47(25-28-13-15-31(52-2)23-36(28)54-4)55(49,50)32-10-6-9-29(21-32)44-39(48)33-20-26-8-5-11-34(41)37(26)45-38(33)46-18-7-16-40(42,43)17-19-46/h5-6,8-15,20-23H,7,16-19,24-25H2,1-4H3,(H,44,48). The van der Waals surface area contributed by atoms with Crippen LogP contribution in [0.2, 0.25) is 5.02 Å². The third-order valence-electron chi connectivity index (χ3n) is 9.45. The SMILES string of the molecule is COc1ccc(CN(Cc2ccc(OC)cc2OC)S(=O)(=O)c2cccc(NC(=O)c3cc4cccc(Cl)c4nc3N3CCCC(F)(F)CC3)c2)c(OC)c1. The van der Waals surface area contributed by atoms with Crippen molar-refractivity contribution in [1.82, 2.24) is 9.29 Å². The average molecular weight is 795 g/mol. The molecule has 4 aromatic carbocycles. The normalized spacial score (nSPS) is 14.4. The average Bonchev–Trinajstić information content (AvgIpc) is 3.37. The van der Waals surface area contributed by atoms with Gasteiger partial charge in [0, 0.05) is 73.4 Å². The molecule has 0 saturated carbocycles. The smallest absolute Gasteiger partial charge is 0.259 e. The van der Waals surface area contributed by atoms with Gasteiger partial charge in [-0.3, -0.25) is 4.79 Å². The molecule has 0 radical (unpaired) electrons. The van der Waals surface area contributed by atoms with Crippen LogP contribution in [0.3, 0.4) is 0 Å². The third kappa shape index (κ3) is 8.87. The van der Waals surface area contributed by atoms with E-state index in [4.69, 9.17) is 35.5 Å². The zero-order chi connectivity index (χ0) is 39.3. The second-order valence-corrected chi connectivity index (χ2v) is 15.3. The Morgan fingerprint density at radius 2 is 1.47 bits per heavy atom. The molecule has 55 heavy (non-hydrogen) atoms. The fourth-order valence-corrected chi connectivity index (χ4v) is 8.16. The quantitative estimate of drug-likeness (QED) is 0.126. The number of para-hydroxylation sites is 1. The molecule has 0 unspecified atom stereocenters. The van der Waals surface area contributed by atoms with Gasteiger partial charge in [-0.15, -0.1) is 0 Å². The number of nitrogens with one attached hydrogen (secondary N) is 1. The molecule has 0 atom stereocenters. The Morgan fingerprint density at radius 3 is 2.09 bits per heavy atom. The minimum Gasteiger partial charge on any atom is -0.497 e. The van der Waals surface area contributed by atoms with Crippen LogP contribution in [0.25, 0.3) is 10.9 Å². The number of hydrogen-bond donors (Lipinski definition) is 1. The van der Waals surface area contributed by atoms with Gasteiger partial charge < -0.3 is 29.2 Å². The van der Waals surface area contributed by atoms with Crippen LogP contribution in [0.4, 0.5) is 20.3 Å². The second-order valence-electron chi connectivity index (χ2n) is 13.0.